The SMILES string of the molecule is OC(Cc1cc(Cl)ccc1F)c1c(F)cccc1Br. The molecular weight excluding hydrogens is 338 g/mol. The zero-order valence-electron chi connectivity index (χ0n) is 9.71. The van der Waals surface area contributed by atoms with Crippen molar-refractivity contribution in [2.75, 3.05) is 0 Å². The normalized spacial score (nSPS) is 12.5. The van der Waals surface area contributed by atoms with Crippen LogP contribution in [0.25, 0.3) is 0 Å². The molecule has 0 saturated heterocycles. The summed E-state index contributed by atoms with van der Waals surface area (Å²) in [7, 11) is 0. The van der Waals surface area contributed by atoms with Crippen molar-refractivity contribution in [1.29, 1.82) is 0 Å². The molecule has 0 fully saturated rings. The zero-order chi connectivity index (χ0) is 14.0. The van der Waals surface area contributed by atoms with Gasteiger partial charge in [-0.05, 0) is 35.9 Å². The lowest BCUT2D eigenvalue weighted by molar-refractivity contribution is 0.171. The predicted molar refractivity (Wildman–Crippen MR) is 74.2 cm³/mol. The van der Waals surface area contributed by atoms with Gasteiger partial charge in [-0.2, -0.15) is 0 Å². The van der Waals surface area contributed by atoms with Crippen molar-refractivity contribution in [3.8, 4) is 0 Å². The Bertz CT molecular complexity index is 584. The monoisotopic (exact) mass is 346 g/mol. The Morgan fingerprint density at radius 3 is 2.58 bits per heavy atom. The molecular formula is C14H10BrClF2O. The van der Waals surface area contributed by atoms with Gasteiger partial charge >= 0.3 is 0 Å². The topological polar surface area (TPSA) is 20.2 Å². The summed E-state index contributed by atoms with van der Waals surface area (Å²) in [5.74, 6) is -1.01. The maximum atomic E-state index is 13.7. The first-order chi connectivity index (χ1) is 8.99. The van der Waals surface area contributed by atoms with Crippen LogP contribution in [0.4, 0.5) is 8.78 Å². The molecule has 0 radical (unpaired) electrons. The van der Waals surface area contributed by atoms with Crippen molar-refractivity contribution in [3.05, 3.63) is 68.7 Å². The van der Waals surface area contributed by atoms with E-state index in [1.807, 2.05) is 0 Å². The quantitative estimate of drug-likeness (QED) is 0.856. The van der Waals surface area contributed by atoms with Crippen LogP contribution in [0.15, 0.2) is 40.9 Å². The van der Waals surface area contributed by atoms with Gasteiger partial charge in [0.05, 0.1) is 6.10 Å². The van der Waals surface area contributed by atoms with E-state index in [2.05, 4.69) is 15.9 Å². The highest BCUT2D eigenvalue weighted by Gasteiger charge is 2.18. The number of halogens is 4. The Balaban J connectivity index is 2.31. The summed E-state index contributed by atoms with van der Waals surface area (Å²) in [5.41, 5.74) is 0.358. The van der Waals surface area contributed by atoms with Gasteiger partial charge in [-0.15, -0.1) is 0 Å². The number of rotatable bonds is 3. The van der Waals surface area contributed by atoms with Gasteiger partial charge in [-0.1, -0.05) is 33.6 Å². The minimum Gasteiger partial charge on any atom is -0.388 e. The third kappa shape index (κ3) is 3.32. The van der Waals surface area contributed by atoms with Crippen LogP contribution in [0.1, 0.15) is 17.2 Å². The lowest BCUT2D eigenvalue weighted by atomic mass is 10.0. The van der Waals surface area contributed by atoms with E-state index in [1.54, 1.807) is 6.07 Å². The summed E-state index contributed by atoms with van der Waals surface area (Å²) in [4.78, 5) is 0. The van der Waals surface area contributed by atoms with E-state index in [0.717, 1.165) is 0 Å². The summed E-state index contributed by atoms with van der Waals surface area (Å²) in [6.07, 6.45) is -1.20. The van der Waals surface area contributed by atoms with Crippen LogP contribution in [0.3, 0.4) is 0 Å². The number of hydrogen-bond donors (Lipinski definition) is 1. The molecule has 1 nitrogen and oxygen atoms in total. The van der Waals surface area contributed by atoms with Crippen LogP contribution in [0, 0.1) is 11.6 Å². The molecule has 0 aliphatic heterocycles. The predicted octanol–water partition coefficient (Wildman–Crippen LogP) is 4.66. The van der Waals surface area contributed by atoms with E-state index in [9.17, 15) is 13.9 Å². The van der Waals surface area contributed by atoms with Crippen molar-refractivity contribution in [1.82, 2.24) is 0 Å². The maximum Gasteiger partial charge on any atom is 0.130 e. The third-order valence-electron chi connectivity index (χ3n) is 2.75. The van der Waals surface area contributed by atoms with Crippen LogP contribution in [0.2, 0.25) is 5.02 Å². The highest BCUT2D eigenvalue weighted by atomic mass is 79.9. The molecule has 2 aromatic rings. The molecule has 0 saturated carbocycles. The van der Waals surface area contributed by atoms with Crippen molar-refractivity contribution in [3.63, 3.8) is 0 Å². The molecule has 100 valence electrons. The summed E-state index contributed by atoms with van der Waals surface area (Å²) in [6.45, 7) is 0. The Hall–Kier alpha value is -0.970. The van der Waals surface area contributed by atoms with Gasteiger partial charge in [0, 0.05) is 21.5 Å². The third-order valence-corrected chi connectivity index (χ3v) is 3.68. The Morgan fingerprint density at radius 2 is 1.89 bits per heavy atom. The molecule has 5 heteroatoms. The minimum atomic E-state index is -1.15. The fourth-order valence-corrected chi connectivity index (χ4v) is 2.64. The number of benzene rings is 2. The number of aliphatic hydroxyl groups excluding tert-OH is 1. The molecule has 1 unspecified atom stereocenters. The smallest absolute Gasteiger partial charge is 0.130 e. The van der Waals surface area contributed by atoms with Crippen molar-refractivity contribution < 1.29 is 13.9 Å². The Labute approximate surface area is 123 Å². The molecule has 0 heterocycles. The van der Waals surface area contributed by atoms with Gasteiger partial charge in [-0.3, -0.25) is 0 Å². The van der Waals surface area contributed by atoms with Crippen LogP contribution in [-0.4, -0.2) is 5.11 Å². The first-order valence-electron chi connectivity index (χ1n) is 5.55. The maximum absolute atomic E-state index is 13.7. The molecule has 0 spiro atoms. The number of aliphatic hydroxyl groups is 1. The van der Waals surface area contributed by atoms with Gasteiger partial charge in [0.15, 0.2) is 0 Å². The number of hydrogen-bond acceptors (Lipinski definition) is 1. The largest absolute Gasteiger partial charge is 0.388 e. The van der Waals surface area contributed by atoms with Crippen molar-refractivity contribution in [2.45, 2.75) is 12.5 Å². The summed E-state index contributed by atoms with van der Waals surface area (Å²) < 4.78 is 27.7. The lowest BCUT2D eigenvalue weighted by Crippen LogP contribution is -2.06. The van der Waals surface area contributed by atoms with Gasteiger partial charge in [-0.25, -0.2) is 8.78 Å². The molecule has 0 aromatic heterocycles. The first-order valence-corrected chi connectivity index (χ1v) is 6.72. The average molecular weight is 348 g/mol. The fourth-order valence-electron chi connectivity index (χ4n) is 1.84. The second-order valence-electron chi connectivity index (χ2n) is 4.09. The van der Waals surface area contributed by atoms with E-state index in [0.29, 0.717) is 9.50 Å². The Morgan fingerprint density at radius 1 is 1.16 bits per heavy atom. The summed E-state index contributed by atoms with van der Waals surface area (Å²) >= 11 is 8.95. The zero-order valence-corrected chi connectivity index (χ0v) is 12.0. The van der Waals surface area contributed by atoms with E-state index in [-0.39, 0.29) is 17.5 Å². The molecule has 1 N–H and O–H groups in total. The van der Waals surface area contributed by atoms with Gasteiger partial charge in [0.1, 0.15) is 11.6 Å². The van der Waals surface area contributed by atoms with E-state index >= 15 is 0 Å². The van der Waals surface area contributed by atoms with Crippen molar-refractivity contribution in [2.24, 2.45) is 0 Å². The molecule has 0 aliphatic rings. The molecule has 1 atom stereocenters. The lowest BCUT2D eigenvalue weighted by Gasteiger charge is -2.14. The molecule has 2 aromatic carbocycles. The van der Waals surface area contributed by atoms with Gasteiger partial charge in [0.25, 0.3) is 0 Å². The molecule has 0 amide bonds. The Kier molecular flexibility index (Phi) is 4.55. The molecule has 0 aliphatic carbocycles. The van der Waals surface area contributed by atoms with E-state index in [1.165, 1.54) is 30.3 Å². The summed E-state index contributed by atoms with van der Waals surface area (Å²) in [6, 6.07) is 8.46. The average Bonchev–Trinajstić information content (AvgIpc) is 2.33. The molecule has 2 rings (SSSR count). The van der Waals surface area contributed by atoms with Crippen LogP contribution in [0.5, 0.6) is 0 Å². The second kappa shape index (κ2) is 5.99. The summed E-state index contributed by atoms with van der Waals surface area (Å²) in [5, 5.41) is 10.4. The first kappa shape index (κ1) is 14.4. The molecule has 19 heavy (non-hydrogen) atoms. The van der Waals surface area contributed by atoms with Gasteiger partial charge in [0.2, 0.25) is 0 Å². The molecule has 0 bridgehead atoms. The highest BCUT2D eigenvalue weighted by molar-refractivity contribution is 9.10. The van der Waals surface area contributed by atoms with Crippen LogP contribution in [-0.2, 0) is 6.42 Å². The standard InChI is InChI=1S/C14H10BrClF2O/c15-10-2-1-3-12(18)14(10)13(19)7-8-6-9(16)4-5-11(8)17/h1-6,13,19H,7H2. The van der Waals surface area contributed by atoms with Crippen LogP contribution < -0.4 is 0 Å². The second-order valence-corrected chi connectivity index (χ2v) is 5.38. The van der Waals surface area contributed by atoms with E-state index < -0.39 is 17.7 Å². The highest BCUT2D eigenvalue weighted by Crippen LogP contribution is 2.29. The van der Waals surface area contributed by atoms with E-state index in [4.69, 9.17) is 11.6 Å². The van der Waals surface area contributed by atoms with Crippen molar-refractivity contribution >= 4 is 27.5 Å². The van der Waals surface area contributed by atoms with Crippen LogP contribution >= 0.6 is 27.5 Å². The fraction of sp³-hybridized carbons (Fsp3) is 0.143. The van der Waals surface area contributed by atoms with Gasteiger partial charge < -0.3 is 5.11 Å². The minimum absolute atomic E-state index is 0.0497.